The number of amides is 1. The van der Waals surface area contributed by atoms with Crippen LogP contribution in [0.25, 0.3) is 0 Å². The van der Waals surface area contributed by atoms with E-state index in [-0.39, 0.29) is 23.6 Å². The van der Waals surface area contributed by atoms with Crippen molar-refractivity contribution in [3.8, 4) is 0 Å². The minimum Gasteiger partial charge on any atom is -0.480 e. The van der Waals surface area contributed by atoms with Gasteiger partial charge in [0.1, 0.15) is 22.5 Å². The van der Waals surface area contributed by atoms with Gasteiger partial charge in [0.15, 0.2) is 0 Å². The first-order valence-corrected chi connectivity index (χ1v) is 6.51. The molecule has 0 saturated heterocycles. The van der Waals surface area contributed by atoms with Crippen LogP contribution in [-0.4, -0.2) is 32.4 Å². The third kappa shape index (κ3) is 3.46. The van der Waals surface area contributed by atoms with Gasteiger partial charge in [-0.1, -0.05) is 25.4 Å². The van der Waals surface area contributed by atoms with E-state index in [9.17, 15) is 24.8 Å². The Morgan fingerprint density at radius 3 is 2.48 bits per heavy atom. The van der Waals surface area contributed by atoms with Crippen LogP contribution >= 0.6 is 11.6 Å². The molecule has 1 rings (SSSR count). The SMILES string of the molecule is CCC(CC)(NC(=O)c1cc(Cl)ncc1[N+](=O)[O-])C(=O)O. The van der Waals surface area contributed by atoms with E-state index in [2.05, 4.69) is 10.3 Å². The topological polar surface area (TPSA) is 122 Å². The highest BCUT2D eigenvalue weighted by Crippen LogP contribution is 2.23. The summed E-state index contributed by atoms with van der Waals surface area (Å²) < 4.78 is 0. The molecule has 0 spiro atoms. The molecule has 9 heteroatoms. The smallest absolute Gasteiger partial charge is 0.329 e. The van der Waals surface area contributed by atoms with Crippen LogP contribution in [0.1, 0.15) is 37.0 Å². The molecule has 21 heavy (non-hydrogen) atoms. The first-order valence-electron chi connectivity index (χ1n) is 6.13. The highest BCUT2D eigenvalue weighted by molar-refractivity contribution is 6.29. The summed E-state index contributed by atoms with van der Waals surface area (Å²) in [6, 6.07) is 1.03. The molecule has 0 fully saturated rings. The Hall–Kier alpha value is -2.22. The lowest BCUT2D eigenvalue weighted by Crippen LogP contribution is -2.53. The zero-order valence-electron chi connectivity index (χ0n) is 11.4. The molecule has 0 radical (unpaired) electrons. The summed E-state index contributed by atoms with van der Waals surface area (Å²) >= 11 is 5.64. The molecule has 0 saturated carbocycles. The van der Waals surface area contributed by atoms with Crippen LogP contribution in [0.15, 0.2) is 12.3 Å². The predicted molar refractivity (Wildman–Crippen MR) is 74.3 cm³/mol. The number of nitrogens with one attached hydrogen (secondary N) is 1. The van der Waals surface area contributed by atoms with Crippen molar-refractivity contribution in [1.82, 2.24) is 10.3 Å². The number of halogens is 1. The van der Waals surface area contributed by atoms with Crippen molar-refractivity contribution in [2.75, 3.05) is 0 Å². The van der Waals surface area contributed by atoms with E-state index in [4.69, 9.17) is 11.6 Å². The van der Waals surface area contributed by atoms with Gasteiger partial charge in [-0.3, -0.25) is 14.9 Å². The van der Waals surface area contributed by atoms with Gasteiger partial charge in [-0.25, -0.2) is 9.78 Å². The normalized spacial score (nSPS) is 11.0. The van der Waals surface area contributed by atoms with Crippen LogP contribution in [0.5, 0.6) is 0 Å². The summed E-state index contributed by atoms with van der Waals surface area (Å²) in [5.74, 6) is -2.08. The van der Waals surface area contributed by atoms with Crippen LogP contribution in [0.4, 0.5) is 5.69 Å². The standard InChI is InChI=1S/C12H14ClN3O5/c1-3-12(4-2,11(18)19)15-10(17)7-5-9(13)14-6-8(7)16(20)21/h5-6H,3-4H2,1-2H3,(H,15,17)(H,18,19). The molecule has 0 atom stereocenters. The highest BCUT2D eigenvalue weighted by atomic mass is 35.5. The molecule has 114 valence electrons. The predicted octanol–water partition coefficient (Wildman–Crippen LogP) is 2.02. The third-order valence-corrected chi connectivity index (χ3v) is 3.47. The van der Waals surface area contributed by atoms with Gasteiger partial charge < -0.3 is 10.4 Å². The Kier molecular flexibility index (Phi) is 5.20. The van der Waals surface area contributed by atoms with E-state index in [1.165, 1.54) is 0 Å². The maximum absolute atomic E-state index is 12.2. The van der Waals surface area contributed by atoms with Crippen molar-refractivity contribution in [1.29, 1.82) is 0 Å². The zero-order valence-corrected chi connectivity index (χ0v) is 12.2. The van der Waals surface area contributed by atoms with Crippen molar-refractivity contribution in [2.24, 2.45) is 0 Å². The number of rotatable bonds is 6. The zero-order chi connectivity index (χ0) is 16.2. The quantitative estimate of drug-likeness (QED) is 0.470. The summed E-state index contributed by atoms with van der Waals surface area (Å²) in [6.45, 7) is 3.21. The second kappa shape index (κ2) is 6.49. The summed E-state index contributed by atoms with van der Waals surface area (Å²) in [7, 11) is 0. The van der Waals surface area contributed by atoms with Gasteiger partial charge in [-0.05, 0) is 18.9 Å². The molecule has 1 aromatic heterocycles. The fraction of sp³-hybridized carbons (Fsp3) is 0.417. The lowest BCUT2D eigenvalue weighted by atomic mass is 9.92. The first-order chi connectivity index (χ1) is 9.77. The van der Waals surface area contributed by atoms with Gasteiger partial charge in [0.05, 0.1) is 4.92 Å². The second-order valence-corrected chi connectivity index (χ2v) is 4.72. The van der Waals surface area contributed by atoms with Crippen molar-refractivity contribution >= 4 is 29.2 Å². The Morgan fingerprint density at radius 1 is 1.48 bits per heavy atom. The van der Waals surface area contributed by atoms with E-state index in [1.54, 1.807) is 13.8 Å². The monoisotopic (exact) mass is 315 g/mol. The molecule has 0 aliphatic rings. The summed E-state index contributed by atoms with van der Waals surface area (Å²) in [6.07, 6.45) is 1.13. The van der Waals surface area contributed by atoms with Crippen molar-refractivity contribution < 1.29 is 19.6 Å². The average molecular weight is 316 g/mol. The molecule has 1 amide bonds. The van der Waals surface area contributed by atoms with Gasteiger partial charge in [-0.15, -0.1) is 0 Å². The van der Waals surface area contributed by atoms with E-state index in [0.717, 1.165) is 12.3 Å². The fourth-order valence-electron chi connectivity index (χ4n) is 1.82. The third-order valence-electron chi connectivity index (χ3n) is 3.26. The Balaban J connectivity index is 3.23. The molecule has 0 aromatic carbocycles. The van der Waals surface area contributed by atoms with Crippen LogP contribution in [0.3, 0.4) is 0 Å². The molecule has 0 unspecified atom stereocenters. The maximum atomic E-state index is 12.2. The van der Waals surface area contributed by atoms with Crippen LogP contribution in [0.2, 0.25) is 5.15 Å². The van der Waals surface area contributed by atoms with E-state index < -0.39 is 28.0 Å². The van der Waals surface area contributed by atoms with Gasteiger partial charge in [-0.2, -0.15) is 0 Å². The number of aromatic nitrogens is 1. The molecule has 1 aromatic rings. The number of carbonyl (C=O) groups excluding carboxylic acids is 1. The summed E-state index contributed by atoms with van der Waals surface area (Å²) in [5, 5.41) is 22.4. The maximum Gasteiger partial charge on any atom is 0.329 e. The van der Waals surface area contributed by atoms with Crippen LogP contribution in [-0.2, 0) is 4.79 Å². The number of pyridine rings is 1. The lowest BCUT2D eigenvalue weighted by molar-refractivity contribution is -0.385. The number of hydrogen-bond donors (Lipinski definition) is 2. The lowest BCUT2D eigenvalue weighted by Gasteiger charge is -2.27. The number of nitro groups is 1. The minimum atomic E-state index is -1.49. The average Bonchev–Trinajstić information content (AvgIpc) is 2.43. The Labute approximate surface area is 125 Å². The van der Waals surface area contributed by atoms with Crippen molar-refractivity contribution in [3.63, 3.8) is 0 Å². The van der Waals surface area contributed by atoms with E-state index in [0.29, 0.717) is 0 Å². The molecular formula is C12H14ClN3O5. The number of carboxylic acids is 1. The van der Waals surface area contributed by atoms with Crippen LogP contribution < -0.4 is 5.32 Å². The molecule has 1 heterocycles. The van der Waals surface area contributed by atoms with Gasteiger partial charge >= 0.3 is 5.97 Å². The molecule has 2 N–H and O–H groups in total. The van der Waals surface area contributed by atoms with Gasteiger partial charge in [0, 0.05) is 0 Å². The fourth-order valence-corrected chi connectivity index (χ4v) is 1.98. The van der Waals surface area contributed by atoms with Gasteiger partial charge in [0.25, 0.3) is 11.6 Å². The van der Waals surface area contributed by atoms with E-state index in [1.807, 2.05) is 0 Å². The molecule has 0 bridgehead atoms. The number of carbonyl (C=O) groups is 2. The van der Waals surface area contributed by atoms with Gasteiger partial charge in [0.2, 0.25) is 0 Å². The summed E-state index contributed by atoms with van der Waals surface area (Å²) in [4.78, 5) is 37.2. The molecule has 8 nitrogen and oxygen atoms in total. The molecule has 0 aliphatic carbocycles. The number of carboxylic acid groups (broad SMARTS) is 1. The van der Waals surface area contributed by atoms with Crippen molar-refractivity contribution in [3.05, 3.63) is 33.1 Å². The Morgan fingerprint density at radius 2 is 2.05 bits per heavy atom. The number of aliphatic carboxylic acids is 1. The number of nitrogens with zero attached hydrogens (tertiary/aromatic N) is 2. The van der Waals surface area contributed by atoms with Crippen molar-refractivity contribution in [2.45, 2.75) is 32.2 Å². The molecule has 0 aliphatic heterocycles. The highest BCUT2D eigenvalue weighted by Gasteiger charge is 2.38. The van der Waals surface area contributed by atoms with E-state index >= 15 is 0 Å². The summed E-state index contributed by atoms with van der Waals surface area (Å²) in [5.41, 5.74) is -2.35. The Bertz CT molecular complexity index is 586. The second-order valence-electron chi connectivity index (χ2n) is 4.33. The first kappa shape index (κ1) is 16.8. The number of hydrogen-bond acceptors (Lipinski definition) is 5. The van der Waals surface area contributed by atoms with Crippen LogP contribution in [0, 0.1) is 10.1 Å². The largest absolute Gasteiger partial charge is 0.480 e. The molecular weight excluding hydrogens is 302 g/mol. The minimum absolute atomic E-state index is 0.0975.